The second kappa shape index (κ2) is 8.28. The van der Waals surface area contributed by atoms with E-state index >= 15 is 0 Å². The van der Waals surface area contributed by atoms with Gasteiger partial charge in [-0.1, -0.05) is 84.4 Å². The molecule has 1 aliphatic heterocycles. The highest BCUT2D eigenvalue weighted by atomic mass is 35.5. The van der Waals surface area contributed by atoms with Crippen molar-refractivity contribution in [3.05, 3.63) is 124 Å². The average Bonchev–Trinajstić information content (AvgIpc) is 2.79. The zero-order chi connectivity index (χ0) is 21.1. The summed E-state index contributed by atoms with van der Waals surface area (Å²) in [7, 11) is 0. The molecule has 0 saturated heterocycles. The molecule has 4 nitrogen and oxygen atoms in total. The van der Waals surface area contributed by atoms with Crippen LogP contribution in [0.3, 0.4) is 0 Å². The van der Waals surface area contributed by atoms with E-state index in [4.69, 9.17) is 22.1 Å². The summed E-state index contributed by atoms with van der Waals surface area (Å²) in [6.45, 7) is 0. The van der Waals surface area contributed by atoms with Crippen LogP contribution in [0, 0.1) is 11.3 Å². The maximum Gasteiger partial charge on any atom is 0.205 e. The summed E-state index contributed by atoms with van der Waals surface area (Å²) in [5.41, 5.74) is 8.63. The monoisotopic (exact) mass is 412 g/mol. The van der Waals surface area contributed by atoms with Crippen LogP contribution in [-0.4, -0.2) is 5.78 Å². The molecule has 3 aromatic rings. The number of nitrogens with zero attached hydrogens (tertiary/aromatic N) is 1. The lowest BCUT2D eigenvalue weighted by molar-refractivity contribution is 0.102. The van der Waals surface area contributed by atoms with Gasteiger partial charge in [-0.05, 0) is 17.7 Å². The Balaban J connectivity index is 2.00. The molecule has 1 heterocycles. The SMILES string of the molecule is N#CC1=C(N)OC(c2ccccc2)=C(C(=O)c2ccccc2)[C@@H]1c1ccc(Cl)cc1. The lowest BCUT2D eigenvalue weighted by atomic mass is 9.79. The van der Waals surface area contributed by atoms with Crippen molar-refractivity contribution in [3.8, 4) is 6.07 Å². The number of hydrogen-bond acceptors (Lipinski definition) is 4. The van der Waals surface area contributed by atoms with E-state index in [0.29, 0.717) is 27.5 Å². The van der Waals surface area contributed by atoms with Gasteiger partial charge in [-0.25, -0.2) is 0 Å². The van der Waals surface area contributed by atoms with E-state index in [1.807, 2.05) is 36.4 Å². The Bertz CT molecular complexity index is 1190. The standard InChI is InChI=1S/C25H17ClN2O2/c26-19-13-11-16(12-14-19)21-20(15-27)25(28)30-24(18-9-5-2-6-10-18)22(21)23(29)17-7-3-1-4-8-17/h1-14,21H,28H2/t21-/m1/s1. The molecule has 0 bridgehead atoms. The van der Waals surface area contributed by atoms with E-state index in [1.54, 1.807) is 48.5 Å². The van der Waals surface area contributed by atoms with Gasteiger partial charge in [0.1, 0.15) is 17.4 Å². The van der Waals surface area contributed by atoms with Gasteiger partial charge in [-0.15, -0.1) is 0 Å². The van der Waals surface area contributed by atoms with E-state index < -0.39 is 5.92 Å². The number of carbonyl (C=O) groups is 1. The van der Waals surface area contributed by atoms with Crippen molar-refractivity contribution in [2.75, 3.05) is 0 Å². The van der Waals surface area contributed by atoms with Crippen LogP contribution in [0.1, 0.15) is 27.4 Å². The van der Waals surface area contributed by atoms with Crippen molar-refractivity contribution in [2.24, 2.45) is 5.73 Å². The number of ketones is 1. The van der Waals surface area contributed by atoms with Crippen molar-refractivity contribution in [2.45, 2.75) is 5.92 Å². The summed E-state index contributed by atoms with van der Waals surface area (Å²) >= 11 is 6.06. The van der Waals surface area contributed by atoms with E-state index in [9.17, 15) is 10.1 Å². The van der Waals surface area contributed by atoms with Crippen LogP contribution in [-0.2, 0) is 4.74 Å². The number of nitrogens with two attached hydrogens (primary N) is 1. The topological polar surface area (TPSA) is 76.1 Å². The van der Waals surface area contributed by atoms with Crippen molar-refractivity contribution < 1.29 is 9.53 Å². The van der Waals surface area contributed by atoms with Gasteiger partial charge >= 0.3 is 0 Å². The smallest absolute Gasteiger partial charge is 0.205 e. The Morgan fingerprint density at radius 1 is 0.933 bits per heavy atom. The Hall–Kier alpha value is -3.81. The third-order valence-electron chi connectivity index (χ3n) is 4.94. The fraction of sp³-hybridized carbons (Fsp3) is 0.0400. The van der Waals surface area contributed by atoms with Crippen LogP contribution in [0.5, 0.6) is 0 Å². The molecule has 1 atom stereocenters. The Morgan fingerprint density at radius 2 is 1.53 bits per heavy atom. The molecule has 30 heavy (non-hydrogen) atoms. The minimum absolute atomic E-state index is 0.0130. The number of rotatable bonds is 4. The highest BCUT2D eigenvalue weighted by molar-refractivity contribution is 6.30. The normalized spacial score (nSPS) is 16.1. The molecule has 3 aromatic carbocycles. The molecule has 0 aromatic heterocycles. The molecule has 0 radical (unpaired) electrons. The molecule has 0 spiro atoms. The number of benzene rings is 3. The molecule has 2 N–H and O–H groups in total. The first kappa shape index (κ1) is 19.5. The van der Waals surface area contributed by atoms with Gasteiger partial charge in [-0.2, -0.15) is 5.26 Å². The molecule has 146 valence electrons. The Labute approximate surface area is 179 Å². The fourth-order valence-corrected chi connectivity index (χ4v) is 3.65. The number of Topliss-reactive ketones (excluding diaryl/α,β-unsaturated/α-hetero) is 1. The molecule has 0 unspecified atom stereocenters. The Kier molecular flexibility index (Phi) is 5.38. The minimum atomic E-state index is -0.677. The molecule has 4 rings (SSSR count). The van der Waals surface area contributed by atoms with Crippen LogP contribution in [0.4, 0.5) is 0 Å². The van der Waals surface area contributed by atoms with Gasteiger partial charge in [0.15, 0.2) is 5.78 Å². The van der Waals surface area contributed by atoms with Crippen LogP contribution in [0.15, 0.2) is 102 Å². The minimum Gasteiger partial charge on any atom is -0.439 e. The van der Waals surface area contributed by atoms with Crippen LogP contribution in [0.25, 0.3) is 5.76 Å². The largest absolute Gasteiger partial charge is 0.439 e. The lowest BCUT2D eigenvalue weighted by Crippen LogP contribution is -2.24. The first-order valence-electron chi connectivity index (χ1n) is 9.32. The second-order valence-corrected chi connectivity index (χ2v) is 7.22. The number of halogens is 1. The van der Waals surface area contributed by atoms with Gasteiger partial charge in [0.2, 0.25) is 5.88 Å². The van der Waals surface area contributed by atoms with Crippen molar-refractivity contribution in [1.29, 1.82) is 5.26 Å². The third-order valence-corrected chi connectivity index (χ3v) is 5.19. The van der Waals surface area contributed by atoms with E-state index in [1.165, 1.54) is 0 Å². The van der Waals surface area contributed by atoms with E-state index in [0.717, 1.165) is 5.56 Å². The first-order valence-corrected chi connectivity index (χ1v) is 9.70. The van der Waals surface area contributed by atoms with Gasteiger partial charge in [0, 0.05) is 16.1 Å². The number of carbonyl (C=O) groups excluding carboxylic acids is 1. The number of nitriles is 1. The highest BCUT2D eigenvalue weighted by Gasteiger charge is 2.37. The summed E-state index contributed by atoms with van der Waals surface area (Å²) in [5, 5.41) is 10.4. The molecule has 0 saturated carbocycles. The fourth-order valence-electron chi connectivity index (χ4n) is 3.53. The first-order chi connectivity index (χ1) is 14.6. The summed E-state index contributed by atoms with van der Waals surface area (Å²) in [5.74, 6) is -0.569. The zero-order valence-electron chi connectivity index (χ0n) is 15.9. The summed E-state index contributed by atoms with van der Waals surface area (Å²) in [6.07, 6.45) is 0. The van der Waals surface area contributed by atoms with Gasteiger partial charge in [-0.3, -0.25) is 4.79 Å². The third kappa shape index (κ3) is 3.59. The molecule has 0 amide bonds. The average molecular weight is 413 g/mol. The number of allylic oxidation sites excluding steroid dienone is 2. The highest BCUT2D eigenvalue weighted by Crippen LogP contribution is 2.43. The maximum absolute atomic E-state index is 13.7. The molecular formula is C25H17ClN2O2. The van der Waals surface area contributed by atoms with Gasteiger partial charge in [0.25, 0.3) is 0 Å². The molecule has 0 aliphatic carbocycles. The number of hydrogen-bond donors (Lipinski definition) is 1. The van der Waals surface area contributed by atoms with Gasteiger partial charge < -0.3 is 10.5 Å². The maximum atomic E-state index is 13.7. The second-order valence-electron chi connectivity index (χ2n) is 6.78. The van der Waals surface area contributed by atoms with Crippen molar-refractivity contribution in [3.63, 3.8) is 0 Å². The predicted molar refractivity (Wildman–Crippen MR) is 116 cm³/mol. The molecule has 5 heteroatoms. The number of ether oxygens (including phenoxy) is 1. The summed E-state index contributed by atoms with van der Waals surface area (Å²) in [4.78, 5) is 13.7. The van der Waals surface area contributed by atoms with Crippen LogP contribution < -0.4 is 5.73 Å². The van der Waals surface area contributed by atoms with Crippen LogP contribution in [0.2, 0.25) is 5.02 Å². The van der Waals surface area contributed by atoms with Crippen molar-refractivity contribution >= 4 is 23.1 Å². The molecular weight excluding hydrogens is 396 g/mol. The zero-order valence-corrected chi connectivity index (χ0v) is 16.6. The lowest BCUT2D eigenvalue weighted by Gasteiger charge is -2.29. The summed E-state index contributed by atoms with van der Waals surface area (Å²) < 4.78 is 5.87. The van der Waals surface area contributed by atoms with Crippen LogP contribution >= 0.6 is 11.6 Å². The van der Waals surface area contributed by atoms with Crippen molar-refractivity contribution in [1.82, 2.24) is 0 Å². The predicted octanol–water partition coefficient (Wildman–Crippen LogP) is 5.44. The molecule has 0 fully saturated rings. The van der Waals surface area contributed by atoms with E-state index in [-0.39, 0.29) is 17.2 Å². The molecule has 1 aliphatic rings. The van der Waals surface area contributed by atoms with Gasteiger partial charge in [0.05, 0.1) is 11.5 Å². The van der Waals surface area contributed by atoms with E-state index in [2.05, 4.69) is 6.07 Å². The quantitative estimate of drug-likeness (QED) is 0.578. The Morgan fingerprint density at radius 3 is 2.13 bits per heavy atom. The summed E-state index contributed by atoms with van der Waals surface area (Å²) in [6, 6.07) is 27.4.